The number of hydrogen-bond donors (Lipinski definition) is 2. The maximum atomic E-state index is 14.0. The van der Waals surface area contributed by atoms with Gasteiger partial charge in [0, 0.05) is 83.1 Å². The Labute approximate surface area is 301 Å². The topological polar surface area (TPSA) is 135 Å². The monoisotopic (exact) mass is 702 g/mol. The molecule has 0 unspecified atom stereocenters. The highest BCUT2D eigenvalue weighted by atomic mass is 16.6. The van der Waals surface area contributed by atoms with Gasteiger partial charge in [0.1, 0.15) is 13.6 Å². The van der Waals surface area contributed by atoms with E-state index in [2.05, 4.69) is 15.1 Å². The van der Waals surface area contributed by atoms with E-state index in [1.54, 1.807) is 24.9 Å². The number of anilines is 1. The molecule has 0 spiro atoms. The van der Waals surface area contributed by atoms with E-state index in [-0.39, 0.29) is 36.1 Å². The van der Waals surface area contributed by atoms with Gasteiger partial charge in [-0.25, -0.2) is 9.59 Å². The van der Waals surface area contributed by atoms with E-state index in [0.717, 1.165) is 62.3 Å². The Balaban J connectivity index is 1.03. The number of amides is 4. The lowest BCUT2D eigenvalue weighted by Crippen LogP contribution is -2.55. The predicted octanol–water partition coefficient (Wildman–Crippen LogP) is 1.42. The van der Waals surface area contributed by atoms with Gasteiger partial charge in [-0.3, -0.25) is 19.4 Å². The minimum atomic E-state index is -1.00. The van der Waals surface area contributed by atoms with E-state index in [9.17, 15) is 24.3 Å². The quantitative estimate of drug-likeness (QED) is 0.294. The molecule has 4 amide bonds. The Bertz CT molecular complexity index is 1550. The SMILES string of the molecule is Bc1cc(C[C@@H](OC(=O)N2CCC(N3CCc4ccccc4NC3=O)CC2)C(=O)N2CCC(N3CCN(CC(=O)OCC)CC3)CC2)ccc1O. The molecule has 4 aliphatic rings. The summed E-state index contributed by atoms with van der Waals surface area (Å²) in [6, 6.07) is 13.3. The molecule has 13 nitrogen and oxygen atoms in total. The van der Waals surface area contributed by atoms with Gasteiger partial charge < -0.3 is 34.6 Å². The number of piperidine rings is 2. The van der Waals surface area contributed by atoms with Crippen molar-refractivity contribution < 1.29 is 33.8 Å². The van der Waals surface area contributed by atoms with Gasteiger partial charge in [-0.2, -0.15) is 0 Å². The number of carbonyl (C=O) groups excluding carboxylic acids is 4. The van der Waals surface area contributed by atoms with Crippen LogP contribution in [-0.2, 0) is 31.9 Å². The number of hydrogen-bond acceptors (Lipinski definition) is 9. The Kier molecular flexibility index (Phi) is 12.0. The average molecular weight is 703 g/mol. The Hall–Kier alpha value is -4.30. The maximum absolute atomic E-state index is 14.0. The zero-order chi connectivity index (χ0) is 35.9. The van der Waals surface area contributed by atoms with Crippen LogP contribution >= 0.6 is 0 Å². The molecule has 0 saturated carbocycles. The number of likely N-dealkylation sites (tertiary alicyclic amines) is 2. The minimum Gasteiger partial charge on any atom is -0.509 e. The van der Waals surface area contributed by atoms with Crippen LogP contribution in [0.15, 0.2) is 42.5 Å². The molecule has 2 N–H and O–H groups in total. The third kappa shape index (κ3) is 9.15. The van der Waals surface area contributed by atoms with Crippen molar-refractivity contribution in [3.63, 3.8) is 0 Å². The van der Waals surface area contributed by atoms with Gasteiger partial charge in [-0.1, -0.05) is 30.3 Å². The molecular formula is C37H51BN6O7. The van der Waals surface area contributed by atoms with Crippen molar-refractivity contribution in [2.24, 2.45) is 0 Å². The van der Waals surface area contributed by atoms with Crippen molar-refractivity contribution in [2.45, 2.75) is 63.6 Å². The van der Waals surface area contributed by atoms with Crippen LogP contribution in [0.5, 0.6) is 5.75 Å². The summed E-state index contributed by atoms with van der Waals surface area (Å²) in [5, 5.41) is 13.1. The summed E-state index contributed by atoms with van der Waals surface area (Å²) in [7, 11) is 1.80. The Morgan fingerprint density at radius 1 is 0.902 bits per heavy atom. The number of phenolic OH excluding ortho intramolecular Hbond substituents is 1. The van der Waals surface area contributed by atoms with Crippen LogP contribution in [0.4, 0.5) is 15.3 Å². The minimum absolute atomic E-state index is 0.00241. The number of rotatable bonds is 9. The van der Waals surface area contributed by atoms with Crippen LogP contribution in [-0.4, -0.2) is 152 Å². The van der Waals surface area contributed by atoms with Gasteiger partial charge in [0.15, 0.2) is 6.10 Å². The molecule has 274 valence electrons. The lowest BCUT2D eigenvalue weighted by molar-refractivity contribution is -0.145. The maximum Gasteiger partial charge on any atom is 0.410 e. The molecule has 0 radical (unpaired) electrons. The van der Waals surface area contributed by atoms with Crippen molar-refractivity contribution in [3.8, 4) is 5.75 Å². The summed E-state index contributed by atoms with van der Waals surface area (Å²) in [6.07, 6.45) is 2.35. The fourth-order valence-corrected chi connectivity index (χ4v) is 7.86. The molecule has 0 bridgehead atoms. The highest BCUT2D eigenvalue weighted by Gasteiger charge is 2.36. The molecule has 1 atom stereocenters. The number of fused-ring (bicyclic) bond motifs is 1. The Morgan fingerprint density at radius 3 is 2.29 bits per heavy atom. The van der Waals surface area contributed by atoms with E-state index in [0.29, 0.717) is 70.2 Å². The normalized spacial score (nSPS) is 20.3. The number of benzene rings is 2. The number of urea groups is 1. The average Bonchev–Trinajstić information content (AvgIpc) is 3.31. The third-order valence-electron chi connectivity index (χ3n) is 10.9. The summed E-state index contributed by atoms with van der Waals surface area (Å²) in [6.45, 7) is 8.48. The number of ether oxygens (including phenoxy) is 2. The molecule has 4 heterocycles. The Morgan fingerprint density at radius 2 is 1.59 bits per heavy atom. The van der Waals surface area contributed by atoms with E-state index in [1.807, 2.05) is 47.1 Å². The number of phenols is 1. The van der Waals surface area contributed by atoms with Gasteiger partial charge in [-0.05, 0) is 67.8 Å². The standard InChI is InChI=1S/C37H51BN6O7/c1-2-50-34(46)25-40-19-21-41(22-20-40)28-10-14-42(15-11-28)35(47)33(24-26-7-8-32(45)30(38)23-26)51-37(49)43-16-12-29(13-17-43)44-18-9-27-5-3-4-6-31(27)39-36(44)48/h3-8,23,28-29,33,45H,2,9-22,24-25,38H2,1H3,(H,39,48)/t33-/m1/s1. The van der Waals surface area contributed by atoms with E-state index >= 15 is 0 Å². The number of carbonyl (C=O) groups is 4. The number of nitrogens with zero attached hydrogens (tertiary/aromatic N) is 5. The molecule has 0 aliphatic carbocycles. The van der Waals surface area contributed by atoms with E-state index < -0.39 is 12.2 Å². The highest BCUT2D eigenvalue weighted by molar-refractivity contribution is 6.34. The molecular weight excluding hydrogens is 651 g/mol. The van der Waals surface area contributed by atoms with Gasteiger partial charge in [0.25, 0.3) is 5.91 Å². The summed E-state index contributed by atoms with van der Waals surface area (Å²) >= 11 is 0. The van der Waals surface area contributed by atoms with Crippen LogP contribution in [0.1, 0.15) is 43.7 Å². The fraction of sp³-hybridized carbons (Fsp3) is 0.568. The van der Waals surface area contributed by atoms with Crippen LogP contribution in [0.2, 0.25) is 0 Å². The summed E-state index contributed by atoms with van der Waals surface area (Å²) < 4.78 is 11.1. The van der Waals surface area contributed by atoms with Gasteiger partial charge in [0.2, 0.25) is 0 Å². The first-order valence-corrected chi connectivity index (χ1v) is 18.5. The zero-order valence-electron chi connectivity index (χ0n) is 29.9. The fourth-order valence-electron chi connectivity index (χ4n) is 7.86. The summed E-state index contributed by atoms with van der Waals surface area (Å²) in [5.74, 6) is -0.219. The molecule has 2 aromatic carbocycles. The van der Waals surface area contributed by atoms with Gasteiger partial charge in [-0.15, -0.1) is 0 Å². The lowest BCUT2D eigenvalue weighted by atomic mass is 9.91. The van der Waals surface area contributed by atoms with Gasteiger partial charge in [0.05, 0.1) is 13.2 Å². The van der Waals surface area contributed by atoms with E-state index in [1.165, 1.54) is 0 Å². The zero-order valence-corrected chi connectivity index (χ0v) is 29.9. The van der Waals surface area contributed by atoms with Crippen molar-refractivity contribution in [2.75, 3.05) is 77.4 Å². The third-order valence-corrected chi connectivity index (χ3v) is 10.9. The van der Waals surface area contributed by atoms with Gasteiger partial charge >= 0.3 is 18.1 Å². The molecule has 51 heavy (non-hydrogen) atoms. The second-order valence-electron chi connectivity index (χ2n) is 14.1. The van der Waals surface area contributed by atoms with E-state index in [4.69, 9.17) is 9.47 Å². The second-order valence-corrected chi connectivity index (χ2v) is 14.1. The first kappa shape index (κ1) is 36.5. The van der Waals surface area contributed by atoms with Crippen molar-refractivity contribution in [1.82, 2.24) is 24.5 Å². The molecule has 14 heteroatoms. The van der Waals surface area contributed by atoms with Crippen LogP contribution in [0, 0.1) is 0 Å². The van der Waals surface area contributed by atoms with Crippen LogP contribution < -0.4 is 10.8 Å². The number of nitrogens with one attached hydrogen (secondary N) is 1. The first-order valence-electron chi connectivity index (χ1n) is 18.5. The highest BCUT2D eigenvalue weighted by Crippen LogP contribution is 2.26. The second kappa shape index (κ2) is 16.8. The molecule has 2 aromatic rings. The van der Waals surface area contributed by atoms with Crippen LogP contribution in [0.25, 0.3) is 0 Å². The van der Waals surface area contributed by atoms with Crippen LogP contribution in [0.3, 0.4) is 0 Å². The molecule has 6 rings (SSSR count). The first-order chi connectivity index (χ1) is 24.7. The molecule has 3 saturated heterocycles. The van der Waals surface area contributed by atoms with Crippen molar-refractivity contribution in [1.29, 1.82) is 0 Å². The van der Waals surface area contributed by atoms with Crippen molar-refractivity contribution in [3.05, 3.63) is 53.6 Å². The largest absolute Gasteiger partial charge is 0.509 e. The predicted molar refractivity (Wildman–Crippen MR) is 195 cm³/mol. The molecule has 3 fully saturated rings. The number of para-hydroxylation sites is 1. The summed E-state index contributed by atoms with van der Waals surface area (Å²) in [5.41, 5.74) is 3.46. The lowest BCUT2D eigenvalue weighted by Gasteiger charge is -2.43. The summed E-state index contributed by atoms with van der Waals surface area (Å²) in [4.78, 5) is 62.6. The number of aromatic hydroxyl groups is 1. The van der Waals surface area contributed by atoms with Crippen molar-refractivity contribution >= 4 is 43.0 Å². The molecule has 4 aliphatic heterocycles. The molecule has 0 aromatic heterocycles. The number of esters is 1. The smallest absolute Gasteiger partial charge is 0.410 e. The number of piperazine rings is 1.